The molecular weight excluding hydrogens is 566 g/mol. The van der Waals surface area contributed by atoms with Crippen molar-refractivity contribution in [2.24, 2.45) is 5.92 Å². The summed E-state index contributed by atoms with van der Waals surface area (Å²) in [6.45, 7) is 5.66. The Morgan fingerprint density at radius 1 is 0.953 bits per heavy atom. The number of aryl methyl sites for hydroxylation is 1. The van der Waals surface area contributed by atoms with Crippen molar-refractivity contribution >= 4 is 40.7 Å². The van der Waals surface area contributed by atoms with Crippen LogP contribution in [0.15, 0.2) is 57.7 Å². The molecule has 0 bridgehead atoms. The van der Waals surface area contributed by atoms with Crippen LogP contribution in [0.25, 0.3) is 11.0 Å². The Labute approximate surface area is 245 Å². The Morgan fingerprint density at radius 2 is 1.63 bits per heavy atom. The summed E-state index contributed by atoms with van der Waals surface area (Å²) in [6, 6.07) is 12.7. The standard InChI is InChI=1S/C30H31NO12/c1-15-11-26(36)43-24-12-20(7-10-22(15)24)31-30(37)38-14-19-5-8-21(9-6-19)42-29-28(41-18(4)33)27(40-17(3)32)23(13-25(34)35)16(2)39-29/h5-12,16,23,27-29H,13-14H2,1-4H3,(H,31,37)(H,34,35)/t16-,23+,27+,28-,29-/m0/s1. The van der Waals surface area contributed by atoms with Crippen LogP contribution in [0.5, 0.6) is 5.75 Å². The highest BCUT2D eigenvalue weighted by atomic mass is 16.7. The number of hydrogen-bond acceptors (Lipinski definition) is 11. The molecule has 2 N–H and O–H groups in total. The van der Waals surface area contributed by atoms with Crippen molar-refractivity contribution < 1.29 is 52.4 Å². The number of ether oxygens (including phenoxy) is 5. The van der Waals surface area contributed by atoms with Crippen molar-refractivity contribution in [2.45, 2.75) is 65.3 Å². The van der Waals surface area contributed by atoms with Gasteiger partial charge in [-0.1, -0.05) is 12.1 Å². The van der Waals surface area contributed by atoms with Crippen LogP contribution >= 0.6 is 0 Å². The van der Waals surface area contributed by atoms with Crippen molar-refractivity contribution in [1.82, 2.24) is 0 Å². The minimum absolute atomic E-state index is 0.0771. The summed E-state index contributed by atoms with van der Waals surface area (Å²) in [5, 5.41) is 12.7. The van der Waals surface area contributed by atoms with Crippen LogP contribution in [0.4, 0.5) is 10.5 Å². The number of fused-ring (bicyclic) bond motifs is 1. The molecule has 1 aromatic heterocycles. The molecular formula is C30H31NO12. The molecule has 0 spiro atoms. The molecule has 4 rings (SSSR count). The summed E-state index contributed by atoms with van der Waals surface area (Å²) in [4.78, 5) is 59.2. The molecule has 0 aliphatic carbocycles. The van der Waals surface area contributed by atoms with Crippen LogP contribution in [0.1, 0.15) is 38.3 Å². The average molecular weight is 598 g/mol. The predicted octanol–water partition coefficient (Wildman–Crippen LogP) is 3.93. The zero-order chi connectivity index (χ0) is 31.3. The lowest BCUT2D eigenvalue weighted by molar-refractivity contribution is -0.266. The first-order valence-electron chi connectivity index (χ1n) is 13.3. The largest absolute Gasteiger partial charge is 0.481 e. The molecule has 1 saturated heterocycles. The summed E-state index contributed by atoms with van der Waals surface area (Å²) in [6.07, 6.45) is -5.40. The minimum atomic E-state index is -1.24. The minimum Gasteiger partial charge on any atom is -0.481 e. The molecule has 1 amide bonds. The molecule has 228 valence electrons. The monoisotopic (exact) mass is 597 g/mol. The first-order valence-corrected chi connectivity index (χ1v) is 13.3. The second-order valence-electron chi connectivity index (χ2n) is 10.0. The Hall–Kier alpha value is -4.91. The van der Waals surface area contributed by atoms with Gasteiger partial charge in [-0.05, 0) is 49.2 Å². The molecule has 5 atom stereocenters. The van der Waals surface area contributed by atoms with Gasteiger partial charge in [-0.3, -0.25) is 19.7 Å². The molecule has 13 heteroatoms. The fourth-order valence-electron chi connectivity index (χ4n) is 4.80. The van der Waals surface area contributed by atoms with Crippen LogP contribution in [0.3, 0.4) is 0 Å². The third-order valence-corrected chi connectivity index (χ3v) is 6.72. The maximum Gasteiger partial charge on any atom is 0.411 e. The van der Waals surface area contributed by atoms with Gasteiger partial charge >= 0.3 is 29.6 Å². The number of esters is 2. The highest BCUT2D eigenvalue weighted by molar-refractivity contribution is 5.89. The van der Waals surface area contributed by atoms with Gasteiger partial charge in [0.2, 0.25) is 12.4 Å². The third-order valence-electron chi connectivity index (χ3n) is 6.72. The number of carboxylic acids is 1. The summed E-state index contributed by atoms with van der Waals surface area (Å²) in [5.41, 5.74) is 1.61. The number of nitrogens with one attached hydrogen (secondary N) is 1. The predicted molar refractivity (Wildman–Crippen MR) is 149 cm³/mol. The second kappa shape index (κ2) is 13.4. The first-order chi connectivity index (χ1) is 20.4. The van der Waals surface area contributed by atoms with Gasteiger partial charge < -0.3 is 33.2 Å². The third kappa shape index (κ3) is 8.10. The summed E-state index contributed by atoms with van der Waals surface area (Å²) in [7, 11) is 0. The van der Waals surface area contributed by atoms with E-state index in [9.17, 15) is 29.1 Å². The number of aliphatic carboxylic acids is 1. The highest BCUT2D eigenvalue weighted by Gasteiger charge is 2.50. The Morgan fingerprint density at radius 3 is 2.28 bits per heavy atom. The van der Waals surface area contributed by atoms with Crippen LogP contribution in [0, 0.1) is 12.8 Å². The maximum atomic E-state index is 12.4. The molecule has 0 unspecified atom stereocenters. The number of carbonyl (C=O) groups is 4. The van der Waals surface area contributed by atoms with Gasteiger partial charge in [0, 0.05) is 43.0 Å². The molecule has 1 aliphatic heterocycles. The molecule has 1 aliphatic rings. The average Bonchev–Trinajstić information content (AvgIpc) is 2.91. The van der Waals surface area contributed by atoms with Crippen molar-refractivity contribution in [3.8, 4) is 5.75 Å². The topological polar surface area (TPSA) is 177 Å². The molecule has 1 fully saturated rings. The Balaban J connectivity index is 1.39. The zero-order valence-electron chi connectivity index (χ0n) is 23.9. The van der Waals surface area contributed by atoms with E-state index in [2.05, 4.69) is 5.32 Å². The lowest BCUT2D eigenvalue weighted by atomic mass is 9.86. The zero-order valence-corrected chi connectivity index (χ0v) is 23.9. The second-order valence-corrected chi connectivity index (χ2v) is 10.0. The van der Waals surface area contributed by atoms with E-state index in [0.717, 1.165) is 17.9 Å². The fourth-order valence-corrected chi connectivity index (χ4v) is 4.80. The normalized spacial score (nSPS) is 21.4. The number of anilines is 1. The summed E-state index contributed by atoms with van der Waals surface area (Å²) in [5.74, 6) is -3.01. The lowest BCUT2D eigenvalue weighted by Crippen LogP contribution is -2.58. The van der Waals surface area contributed by atoms with Gasteiger partial charge in [0.15, 0.2) is 6.10 Å². The molecule has 0 saturated carbocycles. The number of benzene rings is 2. The van der Waals surface area contributed by atoms with E-state index < -0.39 is 60.1 Å². The molecule has 3 aromatic rings. The van der Waals surface area contributed by atoms with Crippen molar-refractivity contribution in [3.05, 3.63) is 70.1 Å². The molecule has 13 nitrogen and oxygen atoms in total. The van der Waals surface area contributed by atoms with Crippen LogP contribution in [-0.2, 0) is 39.9 Å². The number of hydrogen-bond donors (Lipinski definition) is 2. The quantitative estimate of drug-likeness (QED) is 0.207. The van der Waals surface area contributed by atoms with E-state index in [0.29, 0.717) is 22.6 Å². The van der Waals surface area contributed by atoms with Crippen LogP contribution < -0.4 is 15.7 Å². The van der Waals surface area contributed by atoms with E-state index in [1.54, 1.807) is 50.2 Å². The molecule has 2 aromatic carbocycles. The summed E-state index contributed by atoms with van der Waals surface area (Å²) >= 11 is 0. The van der Waals surface area contributed by atoms with E-state index in [1.807, 2.05) is 0 Å². The van der Waals surface area contributed by atoms with Gasteiger partial charge in [-0.15, -0.1) is 0 Å². The van der Waals surface area contributed by atoms with Crippen LogP contribution in [0.2, 0.25) is 0 Å². The lowest BCUT2D eigenvalue weighted by Gasteiger charge is -2.43. The van der Waals surface area contributed by atoms with Gasteiger partial charge in [0.1, 0.15) is 17.9 Å². The van der Waals surface area contributed by atoms with Gasteiger partial charge in [-0.2, -0.15) is 0 Å². The Kier molecular flexibility index (Phi) is 9.66. The van der Waals surface area contributed by atoms with Crippen molar-refractivity contribution in [3.63, 3.8) is 0 Å². The van der Waals surface area contributed by atoms with E-state index in [1.165, 1.54) is 19.1 Å². The molecule has 2 heterocycles. The van der Waals surface area contributed by atoms with Gasteiger partial charge in [-0.25, -0.2) is 9.59 Å². The maximum absolute atomic E-state index is 12.4. The first kappa shape index (κ1) is 31.0. The van der Waals surface area contributed by atoms with E-state index in [4.69, 9.17) is 28.1 Å². The SMILES string of the molecule is CC(=O)O[C@@H]1[C@H](Oc2ccc(COC(=O)Nc3ccc4c(C)cc(=O)oc4c3)cc2)O[C@@H](C)[C@@H](CC(=O)O)[C@H]1OC(C)=O. The van der Waals surface area contributed by atoms with Crippen molar-refractivity contribution in [2.75, 3.05) is 5.32 Å². The number of carboxylic acid groups (broad SMARTS) is 1. The Bertz CT molecular complexity index is 1560. The highest BCUT2D eigenvalue weighted by Crippen LogP contribution is 2.34. The number of rotatable bonds is 9. The van der Waals surface area contributed by atoms with Gasteiger partial charge in [0.25, 0.3) is 0 Å². The number of amides is 1. The molecule has 0 radical (unpaired) electrons. The van der Waals surface area contributed by atoms with E-state index >= 15 is 0 Å². The molecule has 43 heavy (non-hydrogen) atoms. The number of carbonyl (C=O) groups excluding carboxylic acids is 3. The van der Waals surface area contributed by atoms with Crippen molar-refractivity contribution in [1.29, 1.82) is 0 Å². The fraction of sp³-hybridized carbons (Fsp3) is 0.367. The van der Waals surface area contributed by atoms with Gasteiger partial charge in [0.05, 0.1) is 12.5 Å². The van der Waals surface area contributed by atoms with E-state index in [-0.39, 0.29) is 13.0 Å². The van der Waals surface area contributed by atoms with Crippen LogP contribution in [-0.4, -0.2) is 53.7 Å². The summed E-state index contributed by atoms with van der Waals surface area (Å²) < 4.78 is 33.1. The smallest absolute Gasteiger partial charge is 0.411 e.